The highest BCUT2D eigenvalue weighted by Gasteiger charge is 2.18. The van der Waals surface area contributed by atoms with E-state index in [-0.39, 0.29) is 5.91 Å². The van der Waals surface area contributed by atoms with Crippen LogP contribution in [0.2, 0.25) is 0 Å². The van der Waals surface area contributed by atoms with Crippen molar-refractivity contribution in [1.82, 2.24) is 4.90 Å². The van der Waals surface area contributed by atoms with Crippen molar-refractivity contribution in [3.63, 3.8) is 0 Å². The number of rotatable bonds is 4. The van der Waals surface area contributed by atoms with Crippen molar-refractivity contribution in [2.24, 2.45) is 0 Å². The normalized spacial score (nSPS) is 10.4. The van der Waals surface area contributed by atoms with Gasteiger partial charge in [-0.05, 0) is 43.2 Å². The van der Waals surface area contributed by atoms with Crippen LogP contribution < -0.4 is 5.73 Å². The summed E-state index contributed by atoms with van der Waals surface area (Å²) in [6, 6.07) is 11.7. The van der Waals surface area contributed by atoms with Gasteiger partial charge in [0.15, 0.2) is 0 Å². The van der Waals surface area contributed by atoms with Gasteiger partial charge < -0.3 is 10.6 Å². The highest BCUT2D eigenvalue weighted by molar-refractivity contribution is 5.95. The van der Waals surface area contributed by atoms with Gasteiger partial charge >= 0.3 is 0 Å². The zero-order valence-corrected chi connectivity index (χ0v) is 12.3. The van der Waals surface area contributed by atoms with Crippen LogP contribution in [0.15, 0.2) is 42.5 Å². The van der Waals surface area contributed by atoms with E-state index in [1.807, 2.05) is 25.1 Å². The van der Waals surface area contributed by atoms with Crippen molar-refractivity contribution >= 4 is 11.6 Å². The van der Waals surface area contributed by atoms with Gasteiger partial charge in [0.05, 0.1) is 0 Å². The van der Waals surface area contributed by atoms with Crippen LogP contribution in [-0.4, -0.2) is 17.4 Å². The zero-order valence-electron chi connectivity index (χ0n) is 12.3. The monoisotopic (exact) mass is 286 g/mol. The topological polar surface area (TPSA) is 46.3 Å². The van der Waals surface area contributed by atoms with Crippen molar-refractivity contribution in [2.45, 2.75) is 20.4 Å². The number of nitrogen functional groups attached to an aromatic ring is 1. The molecule has 1 amide bonds. The average molecular weight is 286 g/mol. The van der Waals surface area contributed by atoms with Gasteiger partial charge in [0.25, 0.3) is 5.91 Å². The number of halogens is 1. The maximum atomic E-state index is 13.4. The lowest BCUT2D eigenvalue weighted by Crippen LogP contribution is -2.31. The van der Waals surface area contributed by atoms with Crippen molar-refractivity contribution < 1.29 is 9.18 Å². The summed E-state index contributed by atoms with van der Waals surface area (Å²) in [5.74, 6) is -0.586. The molecule has 0 unspecified atom stereocenters. The average Bonchev–Trinajstić information content (AvgIpc) is 2.48. The molecule has 4 heteroatoms. The second-order valence-electron chi connectivity index (χ2n) is 4.98. The SMILES string of the molecule is CCN(Cc1ccccc1N)C(=O)c1cc(F)ccc1C. The molecule has 0 aromatic heterocycles. The summed E-state index contributed by atoms with van der Waals surface area (Å²) in [5, 5.41) is 0. The van der Waals surface area contributed by atoms with Gasteiger partial charge in [0, 0.05) is 24.3 Å². The summed E-state index contributed by atoms with van der Waals surface area (Å²) in [7, 11) is 0. The van der Waals surface area contributed by atoms with Crippen LogP contribution in [0.25, 0.3) is 0 Å². The third-order valence-corrected chi connectivity index (χ3v) is 3.52. The number of aryl methyl sites for hydroxylation is 1. The number of para-hydroxylation sites is 1. The van der Waals surface area contributed by atoms with Gasteiger partial charge in [0.1, 0.15) is 5.82 Å². The number of hydrogen-bond donors (Lipinski definition) is 1. The minimum atomic E-state index is -0.403. The van der Waals surface area contributed by atoms with Gasteiger partial charge in [0.2, 0.25) is 0 Å². The summed E-state index contributed by atoms with van der Waals surface area (Å²) in [5.41, 5.74) is 8.62. The fraction of sp³-hybridized carbons (Fsp3) is 0.235. The third kappa shape index (κ3) is 3.40. The zero-order chi connectivity index (χ0) is 15.4. The van der Waals surface area contributed by atoms with Crippen LogP contribution in [0, 0.1) is 12.7 Å². The number of carbonyl (C=O) groups is 1. The molecule has 0 spiro atoms. The van der Waals surface area contributed by atoms with Gasteiger partial charge in [-0.2, -0.15) is 0 Å². The lowest BCUT2D eigenvalue weighted by Gasteiger charge is -2.22. The predicted molar refractivity (Wildman–Crippen MR) is 82.4 cm³/mol. The molecule has 0 aliphatic heterocycles. The Balaban J connectivity index is 2.27. The Morgan fingerprint density at radius 3 is 2.62 bits per heavy atom. The molecular formula is C17H19FN2O. The fourth-order valence-corrected chi connectivity index (χ4v) is 2.21. The molecule has 2 rings (SSSR count). The molecule has 0 aliphatic carbocycles. The molecule has 0 atom stereocenters. The molecule has 0 radical (unpaired) electrons. The third-order valence-electron chi connectivity index (χ3n) is 3.52. The summed E-state index contributed by atoms with van der Waals surface area (Å²) < 4.78 is 13.4. The number of nitrogens with zero attached hydrogens (tertiary/aromatic N) is 1. The second-order valence-corrected chi connectivity index (χ2v) is 4.98. The van der Waals surface area contributed by atoms with E-state index in [9.17, 15) is 9.18 Å². The smallest absolute Gasteiger partial charge is 0.254 e. The molecule has 21 heavy (non-hydrogen) atoms. The van der Waals surface area contributed by atoms with E-state index >= 15 is 0 Å². The molecule has 0 heterocycles. The van der Waals surface area contributed by atoms with E-state index in [1.54, 1.807) is 24.0 Å². The van der Waals surface area contributed by atoms with E-state index < -0.39 is 5.82 Å². The summed E-state index contributed by atoms with van der Waals surface area (Å²) >= 11 is 0. The van der Waals surface area contributed by atoms with Crippen molar-refractivity contribution in [2.75, 3.05) is 12.3 Å². The Labute approximate surface area is 124 Å². The van der Waals surface area contributed by atoms with E-state index in [1.165, 1.54) is 12.1 Å². The summed E-state index contributed by atoms with van der Waals surface area (Å²) in [6.07, 6.45) is 0. The van der Waals surface area contributed by atoms with Crippen LogP contribution in [-0.2, 0) is 6.54 Å². The van der Waals surface area contributed by atoms with Gasteiger partial charge in [-0.15, -0.1) is 0 Å². The molecule has 2 N–H and O–H groups in total. The molecule has 0 saturated carbocycles. The number of benzene rings is 2. The molecule has 0 bridgehead atoms. The maximum absolute atomic E-state index is 13.4. The van der Waals surface area contributed by atoms with Crippen LogP contribution in [0.3, 0.4) is 0 Å². The summed E-state index contributed by atoms with van der Waals surface area (Å²) in [6.45, 7) is 4.64. The van der Waals surface area contributed by atoms with Crippen LogP contribution in [0.1, 0.15) is 28.4 Å². The van der Waals surface area contributed by atoms with Gasteiger partial charge in [-0.3, -0.25) is 4.79 Å². The molecule has 0 aliphatic rings. The number of amides is 1. The van der Waals surface area contributed by atoms with Crippen molar-refractivity contribution in [1.29, 1.82) is 0 Å². The lowest BCUT2D eigenvalue weighted by atomic mass is 10.1. The predicted octanol–water partition coefficient (Wildman–Crippen LogP) is 3.38. The van der Waals surface area contributed by atoms with E-state index in [0.29, 0.717) is 24.3 Å². The van der Waals surface area contributed by atoms with E-state index in [4.69, 9.17) is 5.73 Å². The molecule has 0 saturated heterocycles. The summed E-state index contributed by atoms with van der Waals surface area (Å²) in [4.78, 5) is 14.2. The maximum Gasteiger partial charge on any atom is 0.254 e. The van der Waals surface area contributed by atoms with Crippen LogP contribution in [0.5, 0.6) is 0 Å². The van der Waals surface area contributed by atoms with E-state index in [2.05, 4.69) is 0 Å². The fourth-order valence-electron chi connectivity index (χ4n) is 2.21. The number of carbonyl (C=O) groups excluding carboxylic acids is 1. The Bertz CT molecular complexity index is 655. The first-order valence-corrected chi connectivity index (χ1v) is 6.91. The highest BCUT2D eigenvalue weighted by atomic mass is 19.1. The first-order valence-electron chi connectivity index (χ1n) is 6.91. The van der Waals surface area contributed by atoms with E-state index in [0.717, 1.165) is 11.1 Å². The number of anilines is 1. The number of nitrogens with two attached hydrogens (primary N) is 1. The molecule has 2 aromatic carbocycles. The number of hydrogen-bond acceptors (Lipinski definition) is 2. The van der Waals surface area contributed by atoms with Crippen molar-refractivity contribution in [3.8, 4) is 0 Å². The first-order chi connectivity index (χ1) is 10.0. The van der Waals surface area contributed by atoms with Gasteiger partial charge in [-0.25, -0.2) is 4.39 Å². The Morgan fingerprint density at radius 2 is 1.95 bits per heavy atom. The molecule has 110 valence electrons. The van der Waals surface area contributed by atoms with Crippen LogP contribution in [0.4, 0.5) is 10.1 Å². The highest BCUT2D eigenvalue weighted by Crippen LogP contribution is 2.17. The largest absolute Gasteiger partial charge is 0.398 e. The lowest BCUT2D eigenvalue weighted by molar-refractivity contribution is 0.0751. The standard InChI is InChI=1S/C17H19FN2O/c1-3-20(11-13-6-4-5-7-16(13)19)17(21)15-10-14(18)9-8-12(15)2/h4-10H,3,11,19H2,1-2H3. The minimum Gasteiger partial charge on any atom is -0.398 e. The Morgan fingerprint density at radius 1 is 1.24 bits per heavy atom. The molecule has 2 aromatic rings. The second kappa shape index (κ2) is 6.39. The molecule has 3 nitrogen and oxygen atoms in total. The van der Waals surface area contributed by atoms with Gasteiger partial charge in [-0.1, -0.05) is 24.3 Å². The molecular weight excluding hydrogens is 267 g/mol. The quantitative estimate of drug-likeness (QED) is 0.876. The Kier molecular flexibility index (Phi) is 4.58. The minimum absolute atomic E-state index is 0.183. The first kappa shape index (κ1) is 15.0. The van der Waals surface area contributed by atoms with Crippen LogP contribution >= 0.6 is 0 Å². The van der Waals surface area contributed by atoms with Crippen molar-refractivity contribution in [3.05, 3.63) is 65.0 Å². The molecule has 0 fully saturated rings. The Hall–Kier alpha value is -2.36.